The van der Waals surface area contributed by atoms with Crippen LogP contribution in [0, 0.1) is 0 Å². The Morgan fingerprint density at radius 3 is 2.06 bits per heavy atom. The molecule has 1 fully saturated rings. The molecule has 1 aliphatic rings. The molecule has 0 aromatic heterocycles. The van der Waals surface area contributed by atoms with Gasteiger partial charge in [0, 0.05) is 22.9 Å². The second-order valence-corrected chi connectivity index (χ2v) is 12.5. The van der Waals surface area contributed by atoms with Crippen molar-refractivity contribution in [3.8, 4) is 0 Å². The number of hydrogen-bond donors (Lipinski definition) is 0. The van der Waals surface area contributed by atoms with Gasteiger partial charge >= 0.3 is 12.1 Å². The second kappa shape index (κ2) is 10.4. The van der Waals surface area contributed by atoms with Gasteiger partial charge in [-0.3, -0.25) is 4.79 Å². The zero-order chi connectivity index (χ0) is 25.0. The second-order valence-electron chi connectivity index (χ2n) is 9.07. The number of benzene rings is 2. The highest BCUT2D eigenvalue weighted by molar-refractivity contribution is 7.99. The van der Waals surface area contributed by atoms with Gasteiger partial charge in [-0.1, -0.05) is 30.0 Å². The molecular formula is C25H31NO6S2. The lowest BCUT2D eigenvalue weighted by Crippen LogP contribution is -2.56. The SMILES string of the molecule is CCOC(=O)C1(S(=O)(=O)c2ccc(Sc3ccccc3)cc2)CCN(C(=O)OC(C)(C)C)CC1. The van der Waals surface area contributed by atoms with Crippen LogP contribution in [-0.4, -0.2) is 55.4 Å². The first kappa shape index (κ1) is 26.1. The minimum atomic E-state index is -4.08. The predicted octanol–water partition coefficient (Wildman–Crippen LogP) is 4.94. The van der Waals surface area contributed by atoms with E-state index in [9.17, 15) is 18.0 Å². The molecule has 0 bridgehead atoms. The van der Waals surface area contributed by atoms with Crippen LogP contribution in [0.25, 0.3) is 0 Å². The van der Waals surface area contributed by atoms with Gasteiger partial charge in [0.2, 0.25) is 0 Å². The maximum absolute atomic E-state index is 13.8. The molecule has 34 heavy (non-hydrogen) atoms. The fourth-order valence-electron chi connectivity index (χ4n) is 3.76. The number of amides is 1. The maximum Gasteiger partial charge on any atom is 0.410 e. The summed E-state index contributed by atoms with van der Waals surface area (Å²) in [6.07, 6.45) is -0.647. The van der Waals surface area contributed by atoms with Crippen LogP contribution in [-0.2, 0) is 24.1 Å². The summed E-state index contributed by atoms with van der Waals surface area (Å²) in [7, 11) is -4.08. The molecule has 1 heterocycles. The fraction of sp³-hybridized carbons (Fsp3) is 0.440. The zero-order valence-corrected chi connectivity index (χ0v) is 21.6. The highest BCUT2D eigenvalue weighted by Gasteiger charge is 2.54. The molecule has 7 nitrogen and oxygen atoms in total. The number of esters is 1. The minimum Gasteiger partial charge on any atom is -0.465 e. The number of ether oxygens (including phenoxy) is 2. The molecular weight excluding hydrogens is 474 g/mol. The van der Waals surface area contributed by atoms with Gasteiger partial charge in [0.1, 0.15) is 5.60 Å². The molecule has 184 valence electrons. The van der Waals surface area contributed by atoms with E-state index in [0.29, 0.717) is 0 Å². The van der Waals surface area contributed by atoms with Gasteiger partial charge in [-0.25, -0.2) is 13.2 Å². The van der Waals surface area contributed by atoms with Crippen molar-refractivity contribution in [1.29, 1.82) is 0 Å². The molecule has 2 aromatic carbocycles. The summed E-state index contributed by atoms with van der Waals surface area (Å²) in [5, 5.41) is 0. The number of likely N-dealkylation sites (tertiary alicyclic amines) is 1. The van der Waals surface area contributed by atoms with E-state index in [-0.39, 0.29) is 37.4 Å². The summed E-state index contributed by atoms with van der Waals surface area (Å²) in [4.78, 5) is 28.9. The van der Waals surface area contributed by atoms with E-state index < -0.39 is 32.2 Å². The van der Waals surface area contributed by atoms with Crippen molar-refractivity contribution in [3.63, 3.8) is 0 Å². The van der Waals surface area contributed by atoms with Crippen LogP contribution in [0.2, 0.25) is 0 Å². The number of nitrogens with zero attached hydrogens (tertiary/aromatic N) is 1. The first-order valence-corrected chi connectivity index (χ1v) is 13.5. The number of carbonyl (C=O) groups excluding carboxylic acids is 2. The van der Waals surface area contributed by atoms with Gasteiger partial charge in [-0.05, 0) is 76.9 Å². The molecule has 1 amide bonds. The highest BCUT2D eigenvalue weighted by atomic mass is 32.2. The number of piperidine rings is 1. The molecule has 1 saturated heterocycles. The van der Waals surface area contributed by atoms with E-state index >= 15 is 0 Å². The van der Waals surface area contributed by atoms with Crippen molar-refractivity contribution >= 4 is 33.7 Å². The van der Waals surface area contributed by atoms with Crippen molar-refractivity contribution in [2.24, 2.45) is 0 Å². The minimum absolute atomic E-state index is 0.0590. The summed E-state index contributed by atoms with van der Waals surface area (Å²) in [5.74, 6) is -0.776. The number of carbonyl (C=O) groups is 2. The van der Waals surface area contributed by atoms with E-state index in [1.807, 2.05) is 30.3 Å². The van der Waals surface area contributed by atoms with Crippen molar-refractivity contribution in [3.05, 3.63) is 54.6 Å². The standard InChI is InChI=1S/C25H31NO6S2/c1-5-31-22(27)25(15-17-26(18-16-25)23(28)32-24(2,3)4)34(29,30)21-13-11-20(12-14-21)33-19-9-7-6-8-10-19/h6-14H,5,15-18H2,1-4H3. The van der Waals surface area contributed by atoms with E-state index in [4.69, 9.17) is 9.47 Å². The van der Waals surface area contributed by atoms with Crippen LogP contribution in [0.5, 0.6) is 0 Å². The molecule has 1 aliphatic heterocycles. The summed E-state index contributed by atoms with van der Waals surface area (Å²) < 4.78 is 36.4. The lowest BCUT2D eigenvalue weighted by atomic mass is 9.96. The van der Waals surface area contributed by atoms with Crippen molar-refractivity contribution < 1.29 is 27.5 Å². The fourth-order valence-corrected chi connectivity index (χ4v) is 6.54. The van der Waals surface area contributed by atoms with Crippen LogP contribution in [0.15, 0.2) is 69.3 Å². The topological polar surface area (TPSA) is 90.0 Å². The van der Waals surface area contributed by atoms with Gasteiger partial charge in [-0.15, -0.1) is 0 Å². The van der Waals surface area contributed by atoms with Crippen LogP contribution in [0.4, 0.5) is 4.79 Å². The predicted molar refractivity (Wildman–Crippen MR) is 131 cm³/mol. The number of rotatable bonds is 6. The molecule has 0 unspecified atom stereocenters. The normalized spacial score (nSPS) is 16.1. The molecule has 0 aliphatic carbocycles. The van der Waals surface area contributed by atoms with Gasteiger partial charge < -0.3 is 14.4 Å². The Morgan fingerprint density at radius 1 is 0.971 bits per heavy atom. The first-order chi connectivity index (χ1) is 16.0. The molecule has 3 rings (SSSR count). The van der Waals surface area contributed by atoms with Crippen LogP contribution in [0.1, 0.15) is 40.5 Å². The molecule has 0 saturated carbocycles. The number of sulfone groups is 1. The van der Waals surface area contributed by atoms with Crippen LogP contribution < -0.4 is 0 Å². The maximum atomic E-state index is 13.8. The molecule has 0 atom stereocenters. The molecule has 0 radical (unpaired) electrons. The Kier molecular flexibility index (Phi) is 7.98. The summed E-state index contributed by atoms with van der Waals surface area (Å²) >= 11 is 1.52. The third-order valence-electron chi connectivity index (χ3n) is 5.50. The van der Waals surface area contributed by atoms with Crippen molar-refractivity contribution in [2.75, 3.05) is 19.7 Å². The van der Waals surface area contributed by atoms with E-state index in [0.717, 1.165) is 9.79 Å². The van der Waals surface area contributed by atoms with Crippen molar-refractivity contribution in [2.45, 2.75) is 65.6 Å². The van der Waals surface area contributed by atoms with Crippen LogP contribution in [0.3, 0.4) is 0 Å². The smallest absolute Gasteiger partial charge is 0.410 e. The molecule has 0 spiro atoms. The molecule has 9 heteroatoms. The zero-order valence-electron chi connectivity index (χ0n) is 19.9. The first-order valence-electron chi connectivity index (χ1n) is 11.2. The largest absolute Gasteiger partial charge is 0.465 e. The van der Waals surface area contributed by atoms with E-state index in [1.165, 1.54) is 28.8 Å². The Bertz CT molecular complexity index is 1100. The summed E-state index contributed by atoms with van der Waals surface area (Å²) in [5.41, 5.74) is -0.668. The Hall–Kier alpha value is -2.52. The quantitative estimate of drug-likeness (QED) is 0.514. The van der Waals surface area contributed by atoms with Crippen molar-refractivity contribution in [1.82, 2.24) is 4.90 Å². The lowest BCUT2D eigenvalue weighted by Gasteiger charge is -2.39. The highest BCUT2D eigenvalue weighted by Crippen LogP contribution is 2.38. The Balaban J connectivity index is 1.84. The average Bonchev–Trinajstić information content (AvgIpc) is 2.79. The van der Waals surface area contributed by atoms with E-state index in [2.05, 4.69) is 0 Å². The number of hydrogen-bond acceptors (Lipinski definition) is 7. The third kappa shape index (κ3) is 5.75. The summed E-state index contributed by atoms with van der Waals surface area (Å²) in [6.45, 7) is 7.16. The third-order valence-corrected chi connectivity index (χ3v) is 9.01. The molecule has 0 N–H and O–H groups in total. The van der Waals surface area contributed by atoms with Gasteiger partial charge in [0.25, 0.3) is 0 Å². The molecule has 2 aromatic rings. The van der Waals surface area contributed by atoms with Crippen LogP contribution >= 0.6 is 11.8 Å². The van der Waals surface area contributed by atoms with E-state index in [1.54, 1.807) is 39.8 Å². The van der Waals surface area contributed by atoms with Gasteiger partial charge in [0.15, 0.2) is 14.6 Å². The average molecular weight is 506 g/mol. The lowest BCUT2D eigenvalue weighted by molar-refractivity contribution is -0.147. The monoisotopic (exact) mass is 505 g/mol. The Morgan fingerprint density at radius 2 is 1.53 bits per heavy atom. The van der Waals surface area contributed by atoms with Gasteiger partial charge in [-0.2, -0.15) is 0 Å². The Labute approximate surface area is 205 Å². The summed E-state index contributed by atoms with van der Waals surface area (Å²) in [6, 6.07) is 16.3. The van der Waals surface area contributed by atoms with Gasteiger partial charge in [0.05, 0.1) is 11.5 Å².